The van der Waals surface area contributed by atoms with Crippen molar-refractivity contribution in [1.29, 1.82) is 0 Å². The molecular formula is C26H24N2O3. The number of aromatic nitrogens is 1. The second-order valence-corrected chi connectivity index (χ2v) is 7.55. The first-order valence-corrected chi connectivity index (χ1v) is 10.2. The van der Waals surface area contributed by atoms with Crippen LogP contribution >= 0.6 is 0 Å². The molecule has 1 aromatic heterocycles. The van der Waals surface area contributed by atoms with Crippen LogP contribution in [-0.2, 0) is 9.53 Å². The Hall–Kier alpha value is -3.86. The molecule has 0 aliphatic rings. The van der Waals surface area contributed by atoms with Gasteiger partial charge in [0, 0.05) is 22.8 Å². The smallest absolute Gasteiger partial charge is 0.340 e. The van der Waals surface area contributed by atoms with E-state index in [1.54, 1.807) is 13.0 Å². The summed E-state index contributed by atoms with van der Waals surface area (Å²) in [6.45, 7) is 5.38. The van der Waals surface area contributed by atoms with E-state index in [1.807, 2.05) is 91.2 Å². The highest BCUT2D eigenvalue weighted by atomic mass is 16.5. The van der Waals surface area contributed by atoms with Crippen LogP contribution in [0.1, 0.15) is 28.7 Å². The first-order valence-electron chi connectivity index (χ1n) is 10.2. The van der Waals surface area contributed by atoms with E-state index in [0.717, 1.165) is 27.8 Å². The average Bonchev–Trinajstić information content (AvgIpc) is 3.08. The molecule has 0 unspecified atom stereocenters. The highest BCUT2D eigenvalue weighted by Crippen LogP contribution is 2.22. The number of anilines is 1. The molecule has 1 heterocycles. The molecule has 0 fully saturated rings. The molecule has 0 saturated heterocycles. The molecule has 4 aromatic rings. The number of aryl methyl sites for hydroxylation is 1. The molecule has 0 bridgehead atoms. The van der Waals surface area contributed by atoms with Crippen molar-refractivity contribution in [3.8, 4) is 5.69 Å². The number of para-hydroxylation sites is 1. The summed E-state index contributed by atoms with van der Waals surface area (Å²) in [5.74, 6) is -0.892. The number of fused-ring (bicyclic) bond motifs is 1. The van der Waals surface area contributed by atoms with Gasteiger partial charge >= 0.3 is 5.97 Å². The van der Waals surface area contributed by atoms with Gasteiger partial charge in [0.1, 0.15) is 0 Å². The monoisotopic (exact) mass is 412 g/mol. The Morgan fingerprint density at radius 2 is 1.55 bits per heavy atom. The molecule has 0 radical (unpaired) electrons. The number of rotatable bonds is 5. The predicted molar refractivity (Wildman–Crippen MR) is 123 cm³/mol. The summed E-state index contributed by atoms with van der Waals surface area (Å²) in [6.07, 6.45) is -0.932. The summed E-state index contributed by atoms with van der Waals surface area (Å²) in [7, 11) is 0. The number of carbonyl (C=O) groups excluding carboxylic acids is 2. The number of hydrogen-bond donors (Lipinski definition) is 1. The summed E-state index contributed by atoms with van der Waals surface area (Å²) in [4.78, 5) is 25.4. The molecule has 5 heteroatoms. The maximum absolute atomic E-state index is 12.8. The molecule has 3 aromatic carbocycles. The maximum atomic E-state index is 12.8. The third-order valence-electron chi connectivity index (χ3n) is 5.34. The molecule has 0 aliphatic carbocycles. The Bertz CT molecular complexity index is 1260. The molecule has 0 saturated carbocycles. The Labute approximate surface area is 181 Å². The molecule has 31 heavy (non-hydrogen) atoms. The summed E-state index contributed by atoms with van der Waals surface area (Å²) in [5.41, 5.74) is 3.78. The van der Waals surface area contributed by atoms with Crippen LogP contribution in [0.25, 0.3) is 16.5 Å². The van der Waals surface area contributed by atoms with Gasteiger partial charge in [-0.25, -0.2) is 4.79 Å². The minimum absolute atomic E-state index is 0.375. The lowest BCUT2D eigenvalue weighted by molar-refractivity contribution is -0.123. The largest absolute Gasteiger partial charge is 0.449 e. The van der Waals surface area contributed by atoms with Crippen molar-refractivity contribution in [2.45, 2.75) is 26.9 Å². The molecule has 1 amide bonds. The Kier molecular flexibility index (Phi) is 5.58. The minimum atomic E-state index is -0.932. The highest BCUT2D eigenvalue weighted by molar-refractivity contribution is 5.99. The van der Waals surface area contributed by atoms with Gasteiger partial charge in [0.2, 0.25) is 0 Å². The van der Waals surface area contributed by atoms with Crippen LogP contribution < -0.4 is 5.32 Å². The average molecular weight is 412 g/mol. The van der Waals surface area contributed by atoms with Crippen LogP contribution in [0, 0.1) is 13.8 Å². The number of amides is 1. The van der Waals surface area contributed by atoms with Crippen molar-refractivity contribution >= 4 is 28.3 Å². The van der Waals surface area contributed by atoms with Crippen molar-refractivity contribution in [2.24, 2.45) is 0 Å². The summed E-state index contributed by atoms with van der Waals surface area (Å²) in [5, 5.41) is 4.94. The van der Waals surface area contributed by atoms with Crippen LogP contribution in [0.3, 0.4) is 0 Å². The van der Waals surface area contributed by atoms with Gasteiger partial charge in [0.25, 0.3) is 5.91 Å². The number of nitrogens with zero attached hydrogens (tertiary/aromatic N) is 1. The number of hydrogen-bond acceptors (Lipinski definition) is 3. The fourth-order valence-corrected chi connectivity index (χ4v) is 3.73. The standard InChI is InChI=1S/C26H24N2O3/c1-17-15-24(18(2)28(17)23-11-5-4-6-12-23)26(30)31-19(3)25(29)27-22-14-13-20-9-7-8-10-21(20)16-22/h4-16,19H,1-3H3,(H,27,29)/t19-/m1/s1. The van der Waals surface area contributed by atoms with E-state index < -0.39 is 12.1 Å². The van der Waals surface area contributed by atoms with Gasteiger partial charge in [-0.2, -0.15) is 0 Å². The van der Waals surface area contributed by atoms with Crippen LogP contribution in [0.4, 0.5) is 5.69 Å². The lowest BCUT2D eigenvalue weighted by Gasteiger charge is -2.14. The Balaban J connectivity index is 1.47. The number of benzene rings is 3. The van der Waals surface area contributed by atoms with E-state index in [9.17, 15) is 9.59 Å². The first-order chi connectivity index (χ1) is 14.9. The summed E-state index contributed by atoms with van der Waals surface area (Å²) < 4.78 is 7.48. The Morgan fingerprint density at radius 3 is 2.29 bits per heavy atom. The topological polar surface area (TPSA) is 60.3 Å². The van der Waals surface area contributed by atoms with Crippen LogP contribution in [0.2, 0.25) is 0 Å². The first kappa shape index (κ1) is 20.4. The fraction of sp³-hybridized carbons (Fsp3) is 0.154. The molecule has 156 valence electrons. The van der Waals surface area contributed by atoms with E-state index in [1.165, 1.54) is 0 Å². The summed E-state index contributed by atoms with van der Waals surface area (Å²) >= 11 is 0. The van der Waals surface area contributed by atoms with Crippen molar-refractivity contribution in [3.05, 3.63) is 95.8 Å². The van der Waals surface area contributed by atoms with Crippen molar-refractivity contribution < 1.29 is 14.3 Å². The SMILES string of the molecule is Cc1cc(C(=O)O[C@H](C)C(=O)Nc2ccc3ccccc3c2)c(C)n1-c1ccccc1. The van der Waals surface area contributed by atoms with Crippen molar-refractivity contribution in [2.75, 3.05) is 5.32 Å². The predicted octanol–water partition coefficient (Wildman–Crippen LogP) is 5.43. The zero-order valence-corrected chi connectivity index (χ0v) is 17.8. The number of carbonyl (C=O) groups is 2. The summed E-state index contributed by atoms with van der Waals surface area (Å²) in [6, 6.07) is 25.2. The lowest BCUT2D eigenvalue weighted by atomic mass is 10.1. The molecule has 1 N–H and O–H groups in total. The van der Waals surface area contributed by atoms with Gasteiger partial charge in [-0.15, -0.1) is 0 Å². The zero-order valence-electron chi connectivity index (χ0n) is 17.8. The quantitative estimate of drug-likeness (QED) is 0.445. The number of nitrogens with one attached hydrogen (secondary N) is 1. The van der Waals surface area contributed by atoms with Gasteiger partial charge < -0.3 is 14.6 Å². The third-order valence-corrected chi connectivity index (χ3v) is 5.34. The molecule has 0 aliphatic heterocycles. The fourth-order valence-electron chi connectivity index (χ4n) is 3.73. The molecule has 5 nitrogen and oxygen atoms in total. The van der Waals surface area contributed by atoms with Crippen molar-refractivity contribution in [1.82, 2.24) is 4.57 Å². The van der Waals surface area contributed by atoms with Crippen molar-refractivity contribution in [3.63, 3.8) is 0 Å². The second-order valence-electron chi connectivity index (χ2n) is 7.55. The second kappa shape index (κ2) is 8.48. The third kappa shape index (κ3) is 4.21. The van der Waals surface area contributed by atoms with E-state index in [-0.39, 0.29) is 5.91 Å². The van der Waals surface area contributed by atoms with Gasteiger partial charge in [-0.05, 0) is 61.9 Å². The van der Waals surface area contributed by atoms with E-state index in [2.05, 4.69) is 5.32 Å². The van der Waals surface area contributed by atoms with Crippen LogP contribution in [-0.4, -0.2) is 22.5 Å². The number of ether oxygens (including phenoxy) is 1. The van der Waals surface area contributed by atoms with E-state index >= 15 is 0 Å². The van der Waals surface area contributed by atoms with Crippen LogP contribution in [0.5, 0.6) is 0 Å². The van der Waals surface area contributed by atoms with Gasteiger partial charge in [0.05, 0.1) is 5.56 Å². The zero-order chi connectivity index (χ0) is 22.0. The molecule has 1 atom stereocenters. The number of esters is 1. The van der Waals surface area contributed by atoms with E-state index in [4.69, 9.17) is 4.74 Å². The molecule has 0 spiro atoms. The lowest BCUT2D eigenvalue weighted by Crippen LogP contribution is -2.30. The Morgan fingerprint density at radius 1 is 0.871 bits per heavy atom. The van der Waals surface area contributed by atoms with Gasteiger partial charge in [-0.3, -0.25) is 4.79 Å². The molecular weight excluding hydrogens is 388 g/mol. The highest BCUT2D eigenvalue weighted by Gasteiger charge is 2.23. The van der Waals surface area contributed by atoms with Crippen LogP contribution in [0.15, 0.2) is 78.9 Å². The van der Waals surface area contributed by atoms with Gasteiger partial charge in [-0.1, -0.05) is 48.5 Å². The van der Waals surface area contributed by atoms with E-state index in [0.29, 0.717) is 11.3 Å². The maximum Gasteiger partial charge on any atom is 0.340 e. The minimum Gasteiger partial charge on any atom is -0.449 e. The van der Waals surface area contributed by atoms with Gasteiger partial charge in [0.15, 0.2) is 6.10 Å². The normalized spacial score (nSPS) is 11.8. The molecule has 4 rings (SSSR count).